The first-order valence-corrected chi connectivity index (χ1v) is 11.1. The fraction of sp³-hybridized carbons (Fsp3) is 0.429. The van der Waals surface area contributed by atoms with Crippen molar-refractivity contribution in [2.75, 3.05) is 11.5 Å². The molecule has 0 saturated heterocycles. The number of phenols is 1. The van der Waals surface area contributed by atoms with Gasteiger partial charge >= 0.3 is 0 Å². The number of aromatic hydroxyl groups is 1. The van der Waals surface area contributed by atoms with E-state index in [-0.39, 0.29) is 6.23 Å². The first-order chi connectivity index (χ1) is 12.6. The molecule has 3 rings (SSSR count). The zero-order chi connectivity index (χ0) is 18.5. The van der Waals surface area contributed by atoms with Crippen molar-refractivity contribution in [3.05, 3.63) is 48.0 Å². The fourth-order valence-electron chi connectivity index (χ4n) is 3.19. The standard InChI is InChI=1S/C21H27NO2S2/c1-3-15-7-6-10-19(20(15)23)25-12-14(2)11-16-13-26-18-9-5-4-8-17(18)24-21(16)22/h4-10,14,16,21,23H,3,11-13,22H2,1-2H3. The lowest BCUT2D eigenvalue weighted by Crippen LogP contribution is -2.37. The summed E-state index contributed by atoms with van der Waals surface area (Å²) in [6.07, 6.45) is 1.60. The van der Waals surface area contributed by atoms with E-state index < -0.39 is 0 Å². The molecule has 1 aliphatic rings. The van der Waals surface area contributed by atoms with Crippen LogP contribution in [-0.2, 0) is 6.42 Å². The molecule has 26 heavy (non-hydrogen) atoms. The van der Waals surface area contributed by atoms with Gasteiger partial charge in [0, 0.05) is 27.2 Å². The molecule has 1 heterocycles. The monoisotopic (exact) mass is 389 g/mol. The van der Waals surface area contributed by atoms with Crippen molar-refractivity contribution in [3.63, 3.8) is 0 Å². The van der Waals surface area contributed by atoms with Crippen LogP contribution in [0.3, 0.4) is 0 Å². The van der Waals surface area contributed by atoms with Gasteiger partial charge in [-0.3, -0.25) is 5.73 Å². The average molecular weight is 390 g/mol. The van der Waals surface area contributed by atoms with Crippen molar-refractivity contribution in [1.82, 2.24) is 0 Å². The molecule has 5 heteroatoms. The second kappa shape index (κ2) is 9.07. The van der Waals surface area contributed by atoms with Crippen LogP contribution in [0.4, 0.5) is 0 Å². The van der Waals surface area contributed by atoms with Crippen molar-refractivity contribution in [2.45, 2.75) is 42.7 Å². The van der Waals surface area contributed by atoms with Gasteiger partial charge in [-0.25, -0.2) is 0 Å². The Kier molecular flexibility index (Phi) is 6.79. The summed E-state index contributed by atoms with van der Waals surface area (Å²) in [5.41, 5.74) is 7.34. The maximum absolute atomic E-state index is 10.3. The van der Waals surface area contributed by atoms with E-state index >= 15 is 0 Å². The van der Waals surface area contributed by atoms with Crippen molar-refractivity contribution < 1.29 is 9.84 Å². The second-order valence-electron chi connectivity index (χ2n) is 6.87. The molecule has 0 radical (unpaired) electrons. The minimum Gasteiger partial charge on any atom is -0.506 e. The Morgan fingerprint density at radius 2 is 2.08 bits per heavy atom. The summed E-state index contributed by atoms with van der Waals surface area (Å²) in [7, 11) is 0. The molecule has 0 spiro atoms. The second-order valence-corrected chi connectivity index (χ2v) is 8.99. The molecule has 0 fully saturated rings. The van der Waals surface area contributed by atoms with E-state index in [0.717, 1.165) is 40.6 Å². The van der Waals surface area contributed by atoms with Crippen LogP contribution in [-0.4, -0.2) is 22.8 Å². The molecule has 0 saturated carbocycles. The summed E-state index contributed by atoms with van der Waals surface area (Å²) in [5.74, 6) is 4.08. The minimum absolute atomic E-state index is 0.268. The number of rotatable bonds is 6. The van der Waals surface area contributed by atoms with Crippen molar-refractivity contribution in [1.29, 1.82) is 0 Å². The molecular formula is C21H27NO2S2. The molecule has 0 amide bonds. The van der Waals surface area contributed by atoms with Crippen molar-refractivity contribution >= 4 is 23.5 Å². The summed E-state index contributed by atoms with van der Waals surface area (Å²) in [4.78, 5) is 2.15. The molecule has 3 N–H and O–H groups in total. The quantitative estimate of drug-likeness (QED) is 0.669. The number of nitrogens with two attached hydrogens (primary N) is 1. The van der Waals surface area contributed by atoms with Gasteiger partial charge in [0.1, 0.15) is 11.5 Å². The first kappa shape index (κ1) is 19.5. The summed E-state index contributed by atoms with van der Waals surface area (Å²) < 4.78 is 5.99. The molecule has 0 aromatic heterocycles. The summed E-state index contributed by atoms with van der Waals surface area (Å²) >= 11 is 3.56. The van der Waals surface area contributed by atoms with Crippen molar-refractivity contribution in [2.24, 2.45) is 17.6 Å². The molecule has 0 aliphatic carbocycles. The predicted molar refractivity (Wildman–Crippen MR) is 111 cm³/mol. The highest BCUT2D eigenvalue weighted by molar-refractivity contribution is 7.99. The highest BCUT2D eigenvalue weighted by atomic mass is 32.2. The van der Waals surface area contributed by atoms with Gasteiger partial charge in [0.05, 0.1) is 0 Å². The summed E-state index contributed by atoms with van der Waals surface area (Å²) in [6, 6.07) is 14.1. The third kappa shape index (κ3) is 4.70. The number of phenolic OH excluding ortho intramolecular Hbond substituents is 1. The van der Waals surface area contributed by atoms with Crippen LogP contribution < -0.4 is 10.5 Å². The van der Waals surface area contributed by atoms with Gasteiger partial charge < -0.3 is 9.84 Å². The van der Waals surface area contributed by atoms with E-state index in [2.05, 4.69) is 19.9 Å². The van der Waals surface area contributed by atoms with E-state index in [1.54, 1.807) is 11.8 Å². The van der Waals surface area contributed by atoms with E-state index in [9.17, 15) is 5.11 Å². The Balaban J connectivity index is 1.56. The molecule has 2 aromatic carbocycles. The lowest BCUT2D eigenvalue weighted by molar-refractivity contribution is 0.138. The van der Waals surface area contributed by atoms with Crippen LogP contribution in [0.25, 0.3) is 0 Å². The molecular weight excluding hydrogens is 362 g/mol. The Hall–Kier alpha value is -1.30. The Morgan fingerprint density at radius 1 is 1.27 bits per heavy atom. The van der Waals surface area contributed by atoms with Gasteiger partial charge in [-0.1, -0.05) is 38.1 Å². The Bertz CT molecular complexity index is 738. The first-order valence-electron chi connectivity index (χ1n) is 9.16. The summed E-state index contributed by atoms with van der Waals surface area (Å²) in [5, 5.41) is 10.3. The number of fused-ring (bicyclic) bond motifs is 1. The third-order valence-corrected chi connectivity index (χ3v) is 7.34. The molecule has 3 unspecified atom stereocenters. The number of aryl methyl sites for hydroxylation is 1. The topological polar surface area (TPSA) is 55.5 Å². The van der Waals surface area contributed by atoms with Gasteiger partial charge in [0.25, 0.3) is 0 Å². The van der Waals surface area contributed by atoms with Crippen LogP contribution in [0.1, 0.15) is 25.8 Å². The lowest BCUT2D eigenvalue weighted by atomic mass is 9.97. The molecule has 0 bridgehead atoms. The Labute approximate surface area is 164 Å². The zero-order valence-electron chi connectivity index (χ0n) is 15.4. The fourth-order valence-corrected chi connectivity index (χ4v) is 5.39. The third-order valence-electron chi connectivity index (χ3n) is 4.72. The highest BCUT2D eigenvalue weighted by Gasteiger charge is 2.26. The van der Waals surface area contributed by atoms with Gasteiger partial charge in [-0.2, -0.15) is 0 Å². The van der Waals surface area contributed by atoms with E-state index in [1.165, 1.54) is 4.90 Å². The maximum atomic E-state index is 10.3. The van der Waals surface area contributed by atoms with E-state index in [0.29, 0.717) is 17.6 Å². The predicted octanol–water partition coefficient (Wildman–Crippen LogP) is 5.16. The van der Waals surface area contributed by atoms with Gasteiger partial charge in [-0.05, 0) is 42.5 Å². The van der Waals surface area contributed by atoms with E-state index in [4.69, 9.17) is 10.5 Å². The summed E-state index contributed by atoms with van der Waals surface area (Å²) in [6.45, 7) is 4.32. The number of benzene rings is 2. The van der Waals surface area contributed by atoms with Gasteiger partial charge in [-0.15, -0.1) is 23.5 Å². The van der Waals surface area contributed by atoms with Crippen molar-refractivity contribution in [3.8, 4) is 11.5 Å². The normalized spacial score (nSPS) is 20.7. The SMILES string of the molecule is CCc1cccc(SCC(C)CC2CSc3ccccc3OC2N)c1O. The molecule has 3 nitrogen and oxygen atoms in total. The number of hydrogen-bond donors (Lipinski definition) is 2. The smallest absolute Gasteiger partial charge is 0.151 e. The molecule has 2 aromatic rings. The zero-order valence-corrected chi connectivity index (χ0v) is 17.0. The molecule has 3 atom stereocenters. The van der Waals surface area contributed by atoms with Crippen LogP contribution in [0.2, 0.25) is 0 Å². The number of ether oxygens (including phenoxy) is 1. The van der Waals surface area contributed by atoms with Gasteiger partial charge in [0.2, 0.25) is 0 Å². The van der Waals surface area contributed by atoms with Crippen LogP contribution in [0.15, 0.2) is 52.3 Å². The molecule has 140 valence electrons. The highest BCUT2D eigenvalue weighted by Crippen LogP contribution is 2.38. The van der Waals surface area contributed by atoms with Crippen LogP contribution in [0.5, 0.6) is 11.5 Å². The van der Waals surface area contributed by atoms with E-state index in [1.807, 2.05) is 48.2 Å². The number of thioether (sulfide) groups is 2. The number of hydrogen-bond acceptors (Lipinski definition) is 5. The van der Waals surface area contributed by atoms with Crippen LogP contribution >= 0.6 is 23.5 Å². The van der Waals surface area contributed by atoms with Crippen LogP contribution in [0, 0.1) is 11.8 Å². The lowest BCUT2D eigenvalue weighted by Gasteiger charge is -2.24. The average Bonchev–Trinajstić information content (AvgIpc) is 2.80. The minimum atomic E-state index is -0.268. The molecule has 1 aliphatic heterocycles. The largest absolute Gasteiger partial charge is 0.506 e. The Morgan fingerprint density at radius 3 is 2.88 bits per heavy atom. The van der Waals surface area contributed by atoms with Gasteiger partial charge in [0.15, 0.2) is 6.23 Å². The number of para-hydroxylation sites is 2. The maximum Gasteiger partial charge on any atom is 0.151 e.